The zero-order chi connectivity index (χ0) is 19.3. The number of fused-ring (bicyclic) bond motifs is 1. The lowest BCUT2D eigenvalue weighted by atomic mass is 10.2. The van der Waals surface area contributed by atoms with Crippen LogP contribution in [0.2, 0.25) is 5.28 Å². The number of nitrogens with zero attached hydrogens (tertiary/aromatic N) is 5. The molecule has 0 amide bonds. The van der Waals surface area contributed by atoms with Gasteiger partial charge in [0.05, 0.1) is 35.0 Å². The van der Waals surface area contributed by atoms with Crippen molar-refractivity contribution in [3.05, 3.63) is 41.3 Å². The van der Waals surface area contributed by atoms with Gasteiger partial charge in [-0.15, -0.1) is 0 Å². The maximum atomic E-state index is 13.0. The molecule has 1 saturated heterocycles. The molecule has 1 fully saturated rings. The maximum Gasteiger partial charge on any atom is 0.416 e. The van der Waals surface area contributed by atoms with Crippen LogP contribution in [0.4, 0.5) is 19.0 Å². The van der Waals surface area contributed by atoms with E-state index in [0.717, 1.165) is 12.1 Å². The summed E-state index contributed by atoms with van der Waals surface area (Å²) in [5, 5.41) is 14.7. The average molecular weight is 398 g/mol. The molecule has 4 rings (SSSR count). The lowest BCUT2D eigenvalue weighted by molar-refractivity contribution is -0.137. The van der Waals surface area contributed by atoms with Gasteiger partial charge in [0.25, 0.3) is 0 Å². The monoisotopic (exact) mass is 397 g/mol. The van der Waals surface area contributed by atoms with Crippen LogP contribution in [0.5, 0.6) is 0 Å². The molecule has 10 heteroatoms. The molecule has 0 saturated carbocycles. The van der Waals surface area contributed by atoms with E-state index in [2.05, 4.69) is 15.1 Å². The number of aromatic nitrogens is 4. The van der Waals surface area contributed by atoms with Crippen molar-refractivity contribution in [2.75, 3.05) is 11.4 Å². The highest BCUT2D eigenvalue weighted by Gasteiger charge is 2.33. The van der Waals surface area contributed by atoms with Gasteiger partial charge in [0.2, 0.25) is 5.28 Å². The van der Waals surface area contributed by atoms with E-state index in [1.54, 1.807) is 0 Å². The number of rotatable bonds is 2. The number of alkyl halides is 3. The summed E-state index contributed by atoms with van der Waals surface area (Å²) in [5.41, 5.74) is -0.256. The Kier molecular flexibility index (Phi) is 4.23. The van der Waals surface area contributed by atoms with Gasteiger partial charge in [-0.1, -0.05) is 6.07 Å². The van der Waals surface area contributed by atoms with Crippen LogP contribution in [0.3, 0.4) is 0 Å². The van der Waals surface area contributed by atoms with Crippen molar-refractivity contribution >= 4 is 28.5 Å². The van der Waals surface area contributed by atoms with Crippen LogP contribution in [-0.4, -0.2) is 43.5 Å². The summed E-state index contributed by atoms with van der Waals surface area (Å²) in [7, 11) is 0. The fourth-order valence-corrected chi connectivity index (χ4v) is 3.47. The predicted molar refractivity (Wildman–Crippen MR) is 94.1 cm³/mol. The third kappa shape index (κ3) is 3.10. The molecule has 2 aromatic heterocycles. The summed E-state index contributed by atoms with van der Waals surface area (Å²) in [6, 6.07) is 4.66. The number of aliphatic hydroxyl groups excluding tert-OH is 1. The Balaban J connectivity index is 1.86. The van der Waals surface area contributed by atoms with E-state index < -0.39 is 17.8 Å². The van der Waals surface area contributed by atoms with Crippen LogP contribution in [0.1, 0.15) is 18.9 Å². The first-order chi connectivity index (χ1) is 12.8. The van der Waals surface area contributed by atoms with Gasteiger partial charge in [-0.3, -0.25) is 0 Å². The van der Waals surface area contributed by atoms with Gasteiger partial charge in [-0.05, 0) is 43.1 Å². The van der Waals surface area contributed by atoms with Crippen molar-refractivity contribution in [2.24, 2.45) is 0 Å². The normalized spacial score (nSPS) is 20.6. The van der Waals surface area contributed by atoms with Crippen molar-refractivity contribution < 1.29 is 18.3 Å². The van der Waals surface area contributed by atoms with Gasteiger partial charge in [-0.2, -0.15) is 28.2 Å². The van der Waals surface area contributed by atoms with Gasteiger partial charge in [0.15, 0.2) is 5.65 Å². The third-order valence-electron chi connectivity index (χ3n) is 4.79. The standard InChI is InChI=1S/C17H15ClF3N5O/c1-9-13(27)5-6-25(9)14-12-8-22-26(15(12)24-16(18)23-14)11-4-2-3-10(7-11)17(19,20)21/h2-4,7-9,13,27H,5-6H2,1H3/t9-,13+/m1/s1. The van der Waals surface area contributed by atoms with E-state index in [-0.39, 0.29) is 17.0 Å². The zero-order valence-corrected chi connectivity index (χ0v) is 14.9. The highest BCUT2D eigenvalue weighted by atomic mass is 35.5. The molecule has 3 aromatic rings. The third-order valence-corrected chi connectivity index (χ3v) is 4.95. The second-order valence-corrected chi connectivity index (χ2v) is 6.79. The van der Waals surface area contributed by atoms with Crippen molar-refractivity contribution in [2.45, 2.75) is 31.7 Å². The summed E-state index contributed by atoms with van der Waals surface area (Å²) in [4.78, 5) is 10.3. The van der Waals surface area contributed by atoms with Gasteiger partial charge in [-0.25, -0.2) is 4.68 Å². The van der Waals surface area contributed by atoms with Crippen LogP contribution in [-0.2, 0) is 6.18 Å². The fourth-order valence-electron chi connectivity index (χ4n) is 3.31. The van der Waals surface area contributed by atoms with Gasteiger partial charge >= 0.3 is 6.18 Å². The first-order valence-electron chi connectivity index (χ1n) is 8.29. The Bertz CT molecular complexity index is 1010. The molecule has 0 radical (unpaired) electrons. The van der Waals surface area contributed by atoms with Crippen molar-refractivity contribution in [3.63, 3.8) is 0 Å². The summed E-state index contributed by atoms with van der Waals surface area (Å²) >= 11 is 6.07. The van der Waals surface area contributed by atoms with Gasteiger partial charge in [0.1, 0.15) is 5.82 Å². The number of aliphatic hydroxyl groups is 1. The molecule has 0 unspecified atom stereocenters. The Hall–Kier alpha value is -2.39. The Labute approximate surface area is 157 Å². The van der Waals surface area contributed by atoms with E-state index in [1.807, 2.05) is 11.8 Å². The minimum absolute atomic E-state index is 0.0418. The number of anilines is 1. The first kappa shape index (κ1) is 18.0. The molecule has 1 aliphatic rings. The van der Waals surface area contributed by atoms with E-state index in [1.165, 1.54) is 23.0 Å². The molecule has 6 nitrogen and oxygen atoms in total. The second-order valence-electron chi connectivity index (χ2n) is 6.45. The van der Waals surface area contributed by atoms with Gasteiger partial charge in [0, 0.05) is 6.54 Å². The highest BCUT2D eigenvalue weighted by Crippen LogP contribution is 2.33. The Morgan fingerprint density at radius 2 is 2.04 bits per heavy atom. The predicted octanol–water partition coefficient (Wildman–Crippen LogP) is 3.45. The minimum atomic E-state index is -4.46. The van der Waals surface area contributed by atoms with E-state index in [0.29, 0.717) is 29.8 Å². The Morgan fingerprint density at radius 3 is 2.70 bits per heavy atom. The molecular formula is C17H15ClF3N5O. The lowest BCUT2D eigenvalue weighted by Crippen LogP contribution is -2.33. The number of hydrogen-bond donors (Lipinski definition) is 1. The van der Waals surface area contributed by atoms with Crippen LogP contribution < -0.4 is 4.90 Å². The summed E-state index contributed by atoms with van der Waals surface area (Å²) < 4.78 is 40.4. The molecule has 142 valence electrons. The van der Waals surface area contributed by atoms with Gasteiger partial charge < -0.3 is 10.0 Å². The SMILES string of the molecule is C[C@@H]1[C@@H](O)CCN1c1nc(Cl)nc2c1cnn2-c1cccc(C(F)(F)F)c1. The van der Waals surface area contributed by atoms with Crippen LogP contribution in [0, 0.1) is 0 Å². The first-order valence-corrected chi connectivity index (χ1v) is 8.67. The maximum absolute atomic E-state index is 13.0. The number of halogens is 4. The van der Waals surface area contributed by atoms with E-state index in [4.69, 9.17) is 11.6 Å². The molecule has 1 aliphatic heterocycles. The second kappa shape index (κ2) is 6.35. The van der Waals surface area contributed by atoms with Crippen LogP contribution >= 0.6 is 11.6 Å². The molecule has 0 bridgehead atoms. The molecule has 1 aromatic carbocycles. The van der Waals surface area contributed by atoms with Crippen LogP contribution in [0.15, 0.2) is 30.5 Å². The van der Waals surface area contributed by atoms with Crippen molar-refractivity contribution in [3.8, 4) is 5.69 Å². The fraction of sp³-hybridized carbons (Fsp3) is 0.353. The average Bonchev–Trinajstić information content (AvgIpc) is 3.18. The molecule has 1 N–H and O–H groups in total. The van der Waals surface area contributed by atoms with Crippen LogP contribution in [0.25, 0.3) is 16.7 Å². The highest BCUT2D eigenvalue weighted by molar-refractivity contribution is 6.28. The topological polar surface area (TPSA) is 67.1 Å². The van der Waals surface area contributed by atoms with Crippen molar-refractivity contribution in [1.82, 2.24) is 19.7 Å². The lowest BCUT2D eigenvalue weighted by Gasteiger charge is -2.24. The quantitative estimate of drug-likeness (QED) is 0.671. The Morgan fingerprint density at radius 1 is 1.26 bits per heavy atom. The number of benzene rings is 1. The summed E-state index contributed by atoms with van der Waals surface area (Å²) in [6.07, 6.45) is -2.87. The molecule has 3 heterocycles. The molecule has 0 spiro atoms. The van der Waals surface area contributed by atoms with E-state index >= 15 is 0 Å². The largest absolute Gasteiger partial charge is 0.416 e. The molecule has 2 atom stereocenters. The smallest absolute Gasteiger partial charge is 0.391 e. The van der Waals surface area contributed by atoms with Crippen molar-refractivity contribution in [1.29, 1.82) is 0 Å². The summed E-state index contributed by atoms with van der Waals surface area (Å²) in [6.45, 7) is 2.45. The molecular weight excluding hydrogens is 383 g/mol. The zero-order valence-electron chi connectivity index (χ0n) is 14.2. The summed E-state index contributed by atoms with van der Waals surface area (Å²) in [5.74, 6) is 0.507. The minimum Gasteiger partial charge on any atom is -0.391 e. The van der Waals surface area contributed by atoms with E-state index in [9.17, 15) is 18.3 Å². The number of hydrogen-bond acceptors (Lipinski definition) is 5. The molecule has 27 heavy (non-hydrogen) atoms. The molecule has 0 aliphatic carbocycles.